The molecule has 1 aromatic heterocycles. The molecule has 0 bridgehead atoms. The van der Waals surface area contributed by atoms with Crippen molar-refractivity contribution in [2.24, 2.45) is 0 Å². The van der Waals surface area contributed by atoms with Gasteiger partial charge in [0.1, 0.15) is 5.82 Å². The second-order valence-corrected chi connectivity index (χ2v) is 8.78. The van der Waals surface area contributed by atoms with Gasteiger partial charge in [-0.05, 0) is 37.5 Å². The number of rotatable bonds is 3. The highest BCUT2D eigenvalue weighted by molar-refractivity contribution is 7.89. The summed E-state index contributed by atoms with van der Waals surface area (Å²) in [6.45, 7) is 1.82. The van der Waals surface area contributed by atoms with Gasteiger partial charge in [-0.25, -0.2) is 12.8 Å². The summed E-state index contributed by atoms with van der Waals surface area (Å²) in [5.41, 5.74) is 1.59. The van der Waals surface area contributed by atoms with Crippen LogP contribution in [0.2, 0.25) is 0 Å². The summed E-state index contributed by atoms with van der Waals surface area (Å²) in [7, 11) is -3.76. The molecule has 0 unspecified atom stereocenters. The van der Waals surface area contributed by atoms with Crippen LogP contribution in [0.5, 0.6) is 0 Å². The fourth-order valence-electron chi connectivity index (χ4n) is 3.68. The number of hydrogen-bond acceptors (Lipinski definition) is 4. The Hall–Kier alpha value is -2.26. The lowest BCUT2D eigenvalue weighted by Gasteiger charge is -2.34. The summed E-state index contributed by atoms with van der Waals surface area (Å²) in [4.78, 5) is 14.5. The zero-order valence-corrected chi connectivity index (χ0v) is 15.7. The van der Waals surface area contributed by atoms with E-state index in [1.807, 2.05) is 4.68 Å². The van der Waals surface area contributed by atoms with Crippen LogP contribution in [0.15, 0.2) is 35.4 Å². The number of piperazine rings is 1. The Kier molecular flexibility index (Phi) is 4.73. The number of amides is 1. The van der Waals surface area contributed by atoms with Crippen LogP contribution in [0.4, 0.5) is 4.39 Å². The molecule has 0 saturated carbocycles. The lowest BCUT2D eigenvalue weighted by atomic mass is 10.1. The van der Waals surface area contributed by atoms with Gasteiger partial charge in [-0.3, -0.25) is 9.48 Å². The van der Waals surface area contributed by atoms with Gasteiger partial charge in [0.25, 0.3) is 5.91 Å². The van der Waals surface area contributed by atoms with Crippen LogP contribution in [0.1, 0.15) is 28.9 Å². The Labute approximate surface area is 157 Å². The van der Waals surface area contributed by atoms with Gasteiger partial charge in [0.15, 0.2) is 0 Å². The first kappa shape index (κ1) is 18.1. The Morgan fingerprint density at radius 3 is 2.59 bits per heavy atom. The number of sulfonamides is 1. The third-order valence-corrected chi connectivity index (χ3v) is 7.07. The van der Waals surface area contributed by atoms with Crippen molar-refractivity contribution in [2.45, 2.75) is 30.7 Å². The molecule has 0 N–H and O–H groups in total. The van der Waals surface area contributed by atoms with Crippen LogP contribution in [-0.2, 0) is 23.0 Å². The Balaban J connectivity index is 1.46. The molecule has 2 aliphatic rings. The summed E-state index contributed by atoms with van der Waals surface area (Å²) in [6.07, 6.45) is 4.58. The average Bonchev–Trinajstić information content (AvgIpc) is 3.12. The predicted molar refractivity (Wildman–Crippen MR) is 96.2 cm³/mol. The van der Waals surface area contributed by atoms with Crippen molar-refractivity contribution in [1.82, 2.24) is 19.0 Å². The van der Waals surface area contributed by atoms with E-state index in [1.165, 1.54) is 22.5 Å². The van der Waals surface area contributed by atoms with Gasteiger partial charge < -0.3 is 4.90 Å². The van der Waals surface area contributed by atoms with Gasteiger partial charge >= 0.3 is 0 Å². The topological polar surface area (TPSA) is 75.5 Å². The number of fused-ring (bicyclic) bond motifs is 1. The van der Waals surface area contributed by atoms with Crippen molar-refractivity contribution >= 4 is 15.9 Å². The third-order valence-electron chi connectivity index (χ3n) is 5.17. The van der Waals surface area contributed by atoms with Crippen molar-refractivity contribution in [3.05, 3.63) is 47.5 Å². The van der Waals surface area contributed by atoms with Crippen molar-refractivity contribution in [1.29, 1.82) is 0 Å². The molecule has 1 aromatic carbocycles. The van der Waals surface area contributed by atoms with E-state index in [0.29, 0.717) is 18.7 Å². The fraction of sp³-hybridized carbons (Fsp3) is 0.444. The van der Waals surface area contributed by atoms with Crippen molar-refractivity contribution in [3.63, 3.8) is 0 Å². The number of nitrogens with zero attached hydrogens (tertiary/aromatic N) is 4. The van der Waals surface area contributed by atoms with Crippen LogP contribution in [-0.4, -0.2) is 59.5 Å². The van der Waals surface area contributed by atoms with Crippen molar-refractivity contribution in [3.8, 4) is 0 Å². The molecular formula is C18H21FN4O3S. The summed E-state index contributed by atoms with van der Waals surface area (Å²) in [6, 6.07) is 4.99. The monoisotopic (exact) mass is 392 g/mol. The Morgan fingerprint density at radius 2 is 1.85 bits per heavy atom. The van der Waals surface area contributed by atoms with Gasteiger partial charge in [0.05, 0.1) is 22.3 Å². The van der Waals surface area contributed by atoms with E-state index in [4.69, 9.17) is 0 Å². The van der Waals surface area contributed by atoms with Gasteiger partial charge in [-0.15, -0.1) is 0 Å². The van der Waals surface area contributed by atoms with Crippen LogP contribution in [0.25, 0.3) is 0 Å². The lowest BCUT2D eigenvalue weighted by Crippen LogP contribution is -2.50. The van der Waals surface area contributed by atoms with E-state index < -0.39 is 15.8 Å². The summed E-state index contributed by atoms with van der Waals surface area (Å²) in [5, 5.41) is 4.30. The maximum atomic E-state index is 13.4. The van der Waals surface area contributed by atoms with Gasteiger partial charge in [0, 0.05) is 32.7 Å². The van der Waals surface area contributed by atoms with E-state index in [9.17, 15) is 17.6 Å². The number of aromatic nitrogens is 2. The molecule has 0 radical (unpaired) electrons. The molecule has 1 saturated heterocycles. The number of halogens is 1. The minimum absolute atomic E-state index is 0.0621. The van der Waals surface area contributed by atoms with Crippen LogP contribution in [0.3, 0.4) is 0 Å². The Bertz CT molecular complexity index is 965. The minimum Gasteiger partial charge on any atom is -0.336 e. The van der Waals surface area contributed by atoms with Crippen LogP contribution < -0.4 is 0 Å². The van der Waals surface area contributed by atoms with Gasteiger partial charge in [0.2, 0.25) is 10.0 Å². The smallest absolute Gasteiger partial charge is 0.257 e. The number of aryl methyl sites for hydroxylation is 1. The number of carbonyl (C=O) groups excluding carboxylic acids is 1. The molecule has 7 nitrogen and oxygen atoms in total. The molecule has 2 aromatic rings. The summed E-state index contributed by atoms with van der Waals surface area (Å²) >= 11 is 0. The van der Waals surface area contributed by atoms with Crippen molar-refractivity contribution in [2.75, 3.05) is 26.2 Å². The molecule has 2 aliphatic heterocycles. The second kappa shape index (κ2) is 7.05. The van der Waals surface area contributed by atoms with Crippen LogP contribution >= 0.6 is 0 Å². The molecule has 9 heteroatoms. The first-order chi connectivity index (χ1) is 13.0. The van der Waals surface area contributed by atoms with Crippen molar-refractivity contribution < 1.29 is 17.6 Å². The first-order valence-corrected chi connectivity index (χ1v) is 10.5. The Morgan fingerprint density at radius 1 is 1.07 bits per heavy atom. The lowest BCUT2D eigenvalue weighted by molar-refractivity contribution is 0.0696. The number of hydrogen-bond donors (Lipinski definition) is 0. The molecule has 0 atom stereocenters. The van der Waals surface area contributed by atoms with Crippen LogP contribution in [0, 0.1) is 5.82 Å². The zero-order valence-electron chi connectivity index (χ0n) is 14.8. The summed E-state index contributed by atoms with van der Waals surface area (Å²) in [5.74, 6) is -0.683. The average molecular weight is 392 g/mol. The second-order valence-electron chi connectivity index (χ2n) is 6.84. The fourth-order valence-corrected chi connectivity index (χ4v) is 5.13. The SMILES string of the molecule is O=C(c1cnn2c1CCCC2)N1CCN(S(=O)(=O)c2cccc(F)c2)CC1. The quantitative estimate of drug-likeness (QED) is 0.793. The third kappa shape index (κ3) is 3.37. The molecule has 144 valence electrons. The normalized spacial score (nSPS) is 18.3. The standard InChI is InChI=1S/C18H21FN4O3S/c19-14-4-3-5-15(12-14)27(25,26)22-10-8-21(9-11-22)18(24)16-13-20-23-7-2-1-6-17(16)23/h3-5,12-13H,1-2,6-11H2. The highest BCUT2D eigenvalue weighted by Gasteiger charge is 2.32. The molecule has 0 spiro atoms. The molecule has 4 rings (SSSR count). The molecule has 0 aliphatic carbocycles. The molecule has 1 fully saturated rings. The zero-order chi connectivity index (χ0) is 19.0. The molecular weight excluding hydrogens is 371 g/mol. The van der Waals surface area contributed by atoms with E-state index >= 15 is 0 Å². The maximum absolute atomic E-state index is 13.4. The summed E-state index contributed by atoms with van der Waals surface area (Å²) < 4.78 is 41.9. The first-order valence-electron chi connectivity index (χ1n) is 9.06. The van der Waals surface area contributed by atoms with E-state index in [-0.39, 0.29) is 23.9 Å². The molecule has 3 heterocycles. The highest BCUT2D eigenvalue weighted by Crippen LogP contribution is 2.22. The molecule has 27 heavy (non-hydrogen) atoms. The van der Waals surface area contributed by atoms with E-state index in [0.717, 1.165) is 37.6 Å². The van der Waals surface area contributed by atoms with Gasteiger partial charge in [-0.1, -0.05) is 6.07 Å². The minimum atomic E-state index is -3.76. The predicted octanol–water partition coefficient (Wildman–Crippen LogP) is 1.51. The highest BCUT2D eigenvalue weighted by atomic mass is 32.2. The number of benzene rings is 1. The molecule has 1 amide bonds. The van der Waals surface area contributed by atoms with E-state index in [2.05, 4.69) is 5.10 Å². The maximum Gasteiger partial charge on any atom is 0.257 e. The number of carbonyl (C=O) groups is 1. The van der Waals surface area contributed by atoms with E-state index in [1.54, 1.807) is 11.1 Å². The largest absolute Gasteiger partial charge is 0.336 e. The van der Waals surface area contributed by atoms with Gasteiger partial charge in [-0.2, -0.15) is 9.40 Å².